The van der Waals surface area contributed by atoms with Gasteiger partial charge < -0.3 is 10.6 Å². The largest absolute Gasteiger partial charge is 0.370 e. The second-order valence-corrected chi connectivity index (χ2v) is 5.67. The molecule has 1 aliphatic carbocycles. The van der Waals surface area contributed by atoms with Crippen molar-refractivity contribution in [1.29, 1.82) is 0 Å². The summed E-state index contributed by atoms with van der Waals surface area (Å²) in [5, 5.41) is 6.62. The van der Waals surface area contributed by atoms with Gasteiger partial charge in [-0.2, -0.15) is 0 Å². The highest BCUT2D eigenvalue weighted by molar-refractivity contribution is 5.46. The van der Waals surface area contributed by atoms with Crippen LogP contribution in [0.2, 0.25) is 0 Å². The minimum absolute atomic E-state index is 0.885. The van der Waals surface area contributed by atoms with Crippen LogP contribution in [0.25, 0.3) is 0 Å². The predicted molar refractivity (Wildman–Crippen MR) is 80.4 cm³/mol. The van der Waals surface area contributed by atoms with Gasteiger partial charge >= 0.3 is 0 Å². The van der Waals surface area contributed by atoms with Crippen molar-refractivity contribution in [3.8, 4) is 0 Å². The molecule has 1 fully saturated rings. The Hall–Kier alpha value is -1.32. The van der Waals surface area contributed by atoms with Gasteiger partial charge in [0.25, 0.3) is 0 Å². The van der Waals surface area contributed by atoms with Crippen molar-refractivity contribution < 1.29 is 0 Å². The molecule has 2 atom stereocenters. The molecular weight excluding hydrogens is 236 g/mol. The zero-order valence-corrected chi connectivity index (χ0v) is 12.2. The van der Waals surface area contributed by atoms with Crippen LogP contribution >= 0.6 is 0 Å². The first-order valence-corrected chi connectivity index (χ1v) is 7.57. The summed E-state index contributed by atoms with van der Waals surface area (Å²) < 4.78 is 0. The van der Waals surface area contributed by atoms with Crippen LogP contribution in [0.5, 0.6) is 0 Å². The first kappa shape index (κ1) is 14.1. The van der Waals surface area contributed by atoms with Crippen LogP contribution in [0.4, 0.5) is 11.6 Å². The van der Waals surface area contributed by atoms with E-state index in [9.17, 15) is 0 Å². The fourth-order valence-electron chi connectivity index (χ4n) is 2.96. The van der Waals surface area contributed by atoms with Crippen LogP contribution in [0.15, 0.2) is 12.4 Å². The quantitative estimate of drug-likeness (QED) is 0.823. The Bertz CT molecular complexity index is 380. The molecule has 0 aliphatic heterocycles. The van der Waals surface area contributed by atoms with Gasteiger partial charge in [-0.25, -0.2) is 9.97 Å². The molecule has 0 radical (unpaired) electrons. The van der Waals surface area contributed by atoms with Crippen LogP contribution < -0.4 is 10.6 Å². The second kappa shape index (κ2) is 7.31. The van der Waals surface area contributed by atoms with Gasteiger partial charge in [-0.15, -0.1) is 0 Å². The summed E-state index contributed by atoms with van der Waals surface area (Å²) in [6.45, 7) is 6.35. The van der Waals surface area contributed by atoms with E-state index >= 15 is 0 Å². The Labute approximate surface area is 116 Å². The standard InChI is InChI=1S/C15H26N4/c1-3-16-14-10-15(19-11-18-14)17-8-7-13-6-4-5-12(2)9-13/h10-13H,3-9H2,1-2H3,(H2,16,17,18,19). The maximum atomic E-state index is 4.26. The molecule has 2 rings (SSSR count). The highest BCUT2D eigenvalue weighted by Crippen LogP contribution is 2.30. The van der Waals surface area contributed by atoms with Crippen molar-refractivity contribution in [3.63, 3.8) is 0 Å². The van der Waals surface area contributed by atoms with Gasteiger partial charge in [-0.3, -0.25) is 0 Å². The lowest BCUT2D eigenvalue weighted by Gasteiger charge is -2.26. The fraction of sp³-hybridized carbons (Fsp3) is 0.733. The third kappa shape index (κ3) is 4.69. The summed E-state index contributed by atoms with van der Waals surface area (Å²) in [6.07, 6.45) is 8.49. The number of anilines is 2. The molecular formula is C15H26N4. The Kier molecular flexibility index (Phi) is 5.43. The first-order chi connectivity index (χ1) is 9.28. The van der Waals surface area contributed by atoms with Gasteiger partial charge in [0.1, 0.15) is 18.0 Å². The molecule has 0 bridgehead atoms. The summed E-state index contributed by atoms with van der Waals surface area (Å²) >= 11 is 0. The third-order valence-corrected chi connectivity index (χ3v) is 3.93. The van der Waals surface area contributed by atoms with Crippen molar-refractivity contribution in [2.24, 2.45) is 11.8 Å². The van der Waals surface area contributed by atoms with E-state index in [2.05, 4.69) is 34.4 Å². The monoisotopic (exact) mass is 262 g/mol. The number of nitrogens with zero attached hydrogens (tertiary/aromatic N) is 2. The molecule has 4 heteroatoms. The Morgan fingerprint density at radius 1 is 1.21 bits per heavy atom. The molecule has 1 aliphatic rings. The molecule has 2 unspecified atom stereocenters. The Morgan fingerprint density at radius 3 is 2.74 bits per heavy atom. The maximum Gasteiger partial charge on any atom is 0.131 e. The molecule has 0 saturated heterocycles. The van der Waals surface area contributed by atoms with Crippen molar-refractivity contribution in [1.82, 2.24) is 9.97 Å². The minimum atomic E-state index is 0.885. The lowest BCUT2D eigenvalue weighted by atomic mass is 9.81. The zero-order valence-electron chi connectivity index (χ0n) is 12.2. The molecule has 0 aromatic carbocycles. The average Bonchev–Trinajstić information content (AvgIpc) is 2.40. The number of nitrogens with one attached hydrogen (secondary N) is 2. The van der Waals surface area contributed by atoms with E-state index in [-0.39, 0.29) is 0 Å². The predicted octanol–water partition coefficient (Wildman–Crippen LogP) is 3.54. The highest BCUT2D eigenvalue weighted by Gasteiger charge is 2.18. The summed E-state index contributed by atoms with van der Waals surface area (Å²) in [4.78, 5) is 8.43. The van der Waals surface area contributed by atoms with Crippen LogP contribution in [0, 0.1) is 11.8 Å². The normalized spacial score (nSPS) is 23.1. The molecule has 2 N–H and O–H groups in total. The second-order valence-electron chi connectivity index (χ2n) is 5.67. The van der Waals surface area contributed by atoms with E-state index in [1.54, 1.807) is 6.33 Å². The van der Waals surface area contributed by atoms with Crippen LogP contribution in [-0.2, 0) is 0 Å². The van der Waals surface area contributed by atoms with Gasteiger partial charge in [-0.1, -0.05) is 26.2 Å². The Balaban J connectivity index is 1.74. The lowest BCUT2D eigenvalue weighted by Crippen LogP contribution is -2.17. The number of aromatic nitrogens is 2. The maximum absolute atomic E-state index is 4.26. The van der Waals surface area contributed by atoms with Crippen molar-refractivity contribution in [3.05, 3.63) is 12.4 Å². The minimum Gasteiger partial charge on any atom is -0.370 e. The lowest BCUT2D eigenvalue weighted by molar-refractivity contribution is 0.274. The first-order valence-electron chi connectivity index (χ1n) is 7.57. The number of hydrogen-bond donors (Lipinski definition) is 2. The highest BCUT2D eigenvalue weighted by atomic mass is 15.1. The molecule has 0 spiro atoms. The SMILES string of the molecule is CCNc1cc(NCCC2CCCC(C)C2)ncn1. The van der Waals surface area contributed by atoms with Gasteiger partial charge in [0.2, 0.25) is 0 Å². The van der Waals surface area contributed by atoms with E-state index in [0.717, 1.165) is 36.6 Å². The molecule has 4 nitrogen and oxygen atoms in total. The smallest absolute Gasteiger partial charge is 0.131 e. The average molecular weight is 262 g/mol. The van der Waals surface area contributed by atoms with E-state index in [1.165, 1.54) is 32.1 Å². The molecule has 106 valence electrons. The van der Waals surface area contributed by atoms with Gasteiger partial charge in [-0.05, 0) is 31.6 Å². The van der Waals surface area contributed by atoms with E-state index in [0.29, 0.717) is 0 Å². The van der Waals surface area contributed by atoms with Gasteiger partial charge in [0.05, 0.1) is 0 Å². The zero-order chi connectivity index (χ0) is 13.5. The molecule has 0 amide bonds. The van der Waals surface area contributed by atoms with E-state index in [4.69, 9.17) is 0 Å². The van der Waals surface area contributed by atoms with Crippen molar-refractivity contribution in [2.75, 3.05) is 23.7 Å². The van der Waals surface area contributed by atoms with Crippen molar-refractivity contribution in [2.45, 2.75) is 46.0 Å². The summed E-state index contributed by atoms with van der Waals surface area (Å²) in [5.41, 5.74) is 0. The summed E-state index contributed by atoms with van der Waals surface area (Å²) in [7, 11) is 0. The topological polar surface area (TPSA) is 49.8 Å². The molecule has 1 saturated carbocycles. The van der Waals surface area contributed by atoms with Crippen LogP contribution in [0.3, 0.4) is 0 Å². The van der Waals surface area contributed by atoms with E-state index < -0.39 is 0 Å². The number of rotatable bonds is 6. The summed E-state index contributed by atoms with van der Waals surface area (Å²) in [6, 6.07) is 1.98. The van der Waals surface area contributed by atoms with Crippen molar-refractivity contribution >= 4 is 11.6 Å². The molecule has 19 heavy (non-hydrogen) atoms. The fourth-order valence-corrected chi connectivity index (χ4v) is 2.96. The molecule has 1 aromatic rings. The molecule has 1 heterocycles. The number of hydrogen-bond acceptors (Lipinski definition) is 4. The molecule has 1 aromatic heterocycles. The van der Waals surface area contributed by atoms with Gasteiger partial charge in [0.15, 0.2) is 0 Å². The summed E-state index contributed by atoms with van der Waals surface area (Å²) in [5.74, 6) is 3.63. The van der Waals surface area contributed by atoms with Crippen LogP contribution in [0.1, 0.15) is 46.0 Å². The van der Waals surface area contributed by atoms with E-state index in [1.807, 2.05) is 6.07 Å². The third-order valence-electron chi connectivity index (χ3n) is 3.93. The van der Waals surface area contributed by atoms with Crippen LogP contribution in [-0.4, -0.2) is 23.1 Å². The van der Waals surface area contributed by atoms with Gasteiger partial charge in [0, 0.05) is 19.2 Å². The Morgan fingerprint density at radius 2 is 2.00 bits per heavy atom.